The zero-order chi connectivity index (χ0) is 19.4. The number of hydrogen-bond acceptors (Lipinski definition) is 4. The SMILES string of the molecule is Cc1cc(C)cc(Oc2ccc(CNS(=O)(=O)c3ccc(N)cc3)cc2)c1. The molecular formula is C21H22N2O3S. The summed E-state index contributed by atoms with van der Waals surface area (Å²) >= 11 is 0. The van der Waals surface area contributed by atoms with Crippen LogP contribution in [0.1, 0.15) is 16.7 Å². The Labute approximate surface area is 159 Å². The summed E-state index contributed by atoms with van der Waals surface area (Å²) in [7, 11) is -3.58. The molecule has 140 valence electrons. The molecule has 6 heteroatoms. The topological polar surface area (TPSA) is 81.4 Å². The van der Waals surface area contributed by atoms with E-state index < -0.39 is 10.0 Å². The predicted molar refractivity (Wildman–Crippen MR) is 107 cm³/mol. The summed E-state index contributed by atoms with van der Waals surface area (Å²) in [4.78, 5) is 0.187. The van der Waals surface area contributed by atoms with Gasteiger partial charge in [0.2, 0.25) is 10.0 Å². The molecule has 3 aromatic carbocycles. The molecule has 0 heterocycles. The first-order chi connectivity index (χ1) is 12.8. The Bertz CT molecular complexity index is 1010. The van der Waals surface area contributed by atoms with Crippen molar-refractivity contribution < 1.29 is 13.2 Å². The molecule has 0 saturated carbocycles. The molecule has 0 aliphatic carbocycles. The molecule has 0 radical (unpaired) electrons. The zero-order valence-corrected chi connectivity index (χ0v) is 16.1. The Hall–Kier alpha value is -2.83. The smallest absolute Gasteiger partial charge is 0.240 e. The van der Waals surface area contributed by atoms with E-state index in [2.05, 4.69) is 10.8 Å². The molecule has 0 fully saturated rings. The monoisotopic (exact) mass is 382 g/mol. The van der Waals surface area contributed by atoms with Gasteiger partial charge in [0, 0.05) is 12.2 Å². The van der Waals surface area contributed by atoms with E-state index in [1.807, 2.05) is 50.2 Å². The van der Waals surface area contributed by atoms with Gasteiger partial charge in [-0.1, -0.05) is 18.2 Å². The number of nitrogens with one attached hydrogen (secondary N) is 1. The lowest BCUT2D eigenvalue weighted by Crippen LogP contribution is -2.23. The van der Waals surface area contributed by atoms with Crippen molar-refractivity contribution in [2.45, 2.75) is 25.3 Å². The Balaban J connectivity index is 1.64. The van der Waals surface area contributed by atoms with Crippen LogP contribution in [0.25, 0.3) is 0 Å². The second kappa shape index (κ2) is 7.82. The molecule has 0 atom stereocenters. The van der Waals surface area contributed by atoms with Crippen LogP contribution in [0.3, 0.4) is 0 Å². The first-order valence-corrected chi connectivity index (χ1v) is 10.0. The summed E-state index contributed by atoms with van der Waals surface area (Å²) in [5, 5.41) is 0. The van der Waals surface area contributed by atoms with Crippen molar-refractivity contribution in [2.24, 2.45) is 0 Å². The molecule has 3 rings (SSSR count). The summed E-state index contributed by atoms with van der Waals surface area (Å²) in [6.45, 7) is 4.24. The second-order valence-electron chi connectivity index (χ2n) is 6.46. The molecule has 0 saturated heterocycles. The molecule has 0 aliphatic heterocycles. The van der Waals surface area contributed by atoms with Crippen molar-refractivity contribution in [1.82, 2.24) is 4.72 Å². The fraction of sp³-hybridized carbons (Fsp3) is 0.143. The van der Waals surface area contributed by atoms with E-state index in [9.17, 15) is 8.42 Å². The second-order valence-corrected chi connectivity index (χ2v) is 8.23. The van der Waals surface area contributed by atoms with Crippen LogP contribution in [0, 0.1) is 13.8 Å². The normalized spacial score (nSPS) is 11.3. The Morgan fingerprint density at radius 1 is 0.852 bits per heavy atom. The fourth-order valence-corrected chi connectivity index (χ4v) is 3.73. The molecule has 0 aromatic heterocycles. The van der Waals surface area contributed by atoms with Gasteiger partial charge in [0.1, 0.15) is 11.5 Å². The van der Waals surface area contributed by atoms with Gasteiger partial charge in [-0.25, -0.2) is 13.1 Å². The Morgan fingerprint density at radius 3 is 2.04 bits per heavy atom. The Kier molecular flexibility index (Phi) is 5.48. The van der Waals surface area contributed by atoms with Gasteiger partial charge in [-0.15, -0.1) is 0 Å². The largest absolute Gasteiger partial charge is 0.457 e. The molecule has 3 N–H and O–H groups in total. The van der Waals surface area contributed by atoms with Crippen LogP contribution >= 0.6 is 0 Å². The third-order valence-corrected chi connectivity index (χ3v) is 5.43. The first kappa shape index (κ1) is 18.9. The van der Waals surface area contributed by atoms with Crippen LogP contribution < -0.4 is 15.2 Å². The van der Waals surface area contributed by atoms with Crippen molar-refractivity contribution in [1.29, 1.82) is 0 Å². The number of rotatable bonds is 6. The van der Waals surface area contributed by atoms with Gasteiger partial charge < -0.3 is 10.5 Å². The summed E-state index contributed by atoms with van der Waals surface area (Å²) in [6, 6.07) is 19.5. The van der Waals surface area contributed by atoms with E-state index in [0.29, 0.717) is 11.4 Å². The molecule has 0 bridgehead atoms. The molecule has 0 spiro atoms. The quantitative estimate of drug-likeness (QED) is 0.627. The van der Waals surface area contributed by atoms with E-state index in [0.717, 1.165) is 22.4 Å². The molecule has 0 unspecified atom stereocenters. The van der Waals surface area contributed by atoms with E-state index in [-0.39, 0.29) is 11.4 Å². The van der Waals surface area contributed by atoms with E-state index in [1.165, 1.54) is 12.1 Å². The molecule has 27 heavy (non-hydrogen) atoms. The Morgan fingerprint density at radius 2 is 1.44 bits per heavy atom. The minimum Gasteiger partial charge on any atom is -0.457 e. The minimum absolute atomic E-state index is 0.187. The summed E-state index contributed by atoms with van der Waals surface area (Å²) in [5.74, 6) is 1.48. The van der Waals surface area contributed by atoms with E-state index in [1.54, 1.807) is 12.1 Å². The molecular weight excluding hydrogens is 360 g/mol. The van der Waals surface area contributed by atoms with Gasteiger partial charge in [-0.2, -0.15) is 0 Å². The standard InChI is InChI=1S/C21H22N2O3S/c1-15-11-16(2)13-20(12-15)26-19-7-3-17(4-8-19)14-23-27(24,25)21-9-5-18(22)6-10-21/h3-13,23H,14,22H2,1-2H3. The number of hydrogen-bond donors (Lipinski definition) is 2. The van der Waals surface area contributed by atoms with Crippen molar-refractivity contribution in [3.05, 3.63) is 83.4 Å². The number of sulfonamides is 1. The van der Waals surface area contributed by atoms with E-state index in [4.69, 9.17) is 10.5 Å². The van der Waals surface area contributed by atoms with Gasteiger partial charge in [0.15, 0.2) is 0 Å². The van der Waals surface area contributed by atoms with Crippen LogP contribution in [0.5, 0.6) is 11.5 Å². The number of benzene rings is 3. The highest BCUT2D eigenvalue weighted by molar-refractivity contribution is 7.89. The number of aryl methyl sites for hydroxylation is 2. The summed E-state index contributed by atoms with van der Waals surface area (Å²) in [6.07, 6.45) is 0. The van der Waals surface area contributed by atoms with Crippen molar-refractivity contribution in [3.63, 3.8) is 0 Å². The van der Waals surface area contributed by atoms with Gasteiger partial charge in [0.25, 0.3) is 0 Å². The van der Waals surface area contributed by atoms with Crippen LogP contribution in [0.15, 0.2) is 71.6 Å². The van der Waals surface area contributed by atoms with Gasteiger partial charge in [-0.05, 0) is 79.1 Å². The highest BCUT2D eigenvalue weighted by Gasteiger charge is 2.13. The van der Waals surface area contributed by atoms with Crippen LogP contribution in [-0.4, -0.2) is 8.42 Å². The predicted octanol–water partition coefficient (Wildman–Crippen LogP) is 4.16. The molecule has 0 aliphatic rings. The number of anilines is 1. The van der Waals surface area contributed by atoms with Gasteiger partial charge in [-0.3, -0.25) is 0 Å². The maximum Gasteiger partial charge on any atom is 0.240 e. The molecule has 5 nitrogen and oxygen atoms in total. The van der Waals surface area contributed by atoms with Crippen molar-refractivity contribution >= 4 is 15.7 Å². The van der Waals surface area contributed by atoms with Gasteiger partial charge >= 0.3 is 0 Å². The lowest BCUT2D eigenvalue weighted by atomic mass is 10.1. The molecule has 3 aromatic rings. The maximum atomic E-state index is 12.3. The summed E-state index contributed by atoms with van der Waals surface area (Å²) < 4.78 is 33.1. The van der Waals surface area contributed by atoms with Crippen LogP contribution in [0.2, 0.25) is 0 Å². The number of nitrogens with two attached hydrogens (primary N) is 1. The lowest BCUT2D eigenvalue weighted by Gasteiger charge is -2.10. The fourth-order valence-electron chi connectivity index (χ4n) is 2.71. The van der Waals surface area contributed by atoms with Crippen LogP contribution in [0.4, 0.5) is 5.69 Å². The third-order valence-electron chi connectivity index (χ3n) is 4.01. The number of ether oxygens (including phenoxy) is 1. The van der Waals surface area contributed by atoms with Gasteiger partial charge in [0.05, 0.1) is 4.90 Å². The highest BCUT2D eigenvalue weighted by Crippen LogP contribution is 2.24. The van der Waals surface area contributed by atoms with Crippen molar-refractivity contribution in [2.75, 3.05) is 5.73 Å². The number of nitrogen functional groups attached to an aromatic ring is 1. The molecule has 0 amide bonds. The van der Waals surface area contributed by atoms with Crippen molar-refractivity contribution in [3.8, 4) is 11.5 Å². The average molecular weight is 382 g/mol. The highest BCUT2D eigenvalue weighted by atomic mass is 32.2. The minimum atomic E-state index is -3.58. The lowest BCUT2D eigenvalue weighted by molar-refractivity contribution is 0.481. The third kappa shape index (κ3) is 5.09. The average Bonchev–Trinajstić information content (AvgIpc) is 2.61. The maximum absolute atomic E-state index is 12.3. The first-order valence-electron chi connectivity index (χ1n) is 8.52. The van der Waals surface area contributed by atoms with E-state index >= 15 is 0 Å². The summed E-state index contributed by atoms with van der Waals surface area (Å²) in [5.41, 5.74) is 9.23. The van der Waals surface area contributed by atoms with Crippen LogP contribution in [-0.2, 0) is 16.6 Å². The zero-order valence-electron chi connectivity index (χ0n) is 15.3.